The van der Waals surface area contributed by atoms with Crippen LogP contribution < -0.4 is 18.9 Å². The SMILES string of the molecule is CC(=O)OC[C@H]1O[C@@H](Oc2ccc(-c3c4nc(c(-c5ccc(O[C@@H]6O[C@H](COC(C)=O)[C@@H](OC(C)=O)[C@H](OC(C)=O)[C@H]6OC(C)=O)cc5)c5ccc([nH]5)c(-c5ccccc5OCCCI)c5nc(c(-c6ccc(O[C@@H]7O[C@H](COC(C)=O)[C@@H](OC(C)=O)[C@H](OC(C)=O)[C@H]7OC(C)=O)cc6)c6ccc3[nH]6)C=C5)C=C4)cc2)[C@H](OC(C)=O)[C@@H](OC(C)=O)[C@@H]1OC(C)=O. The molecular weight excluding hydrogens is 1750 g/mol. The molecule has 0 saturated carbocycles. The van der Waals surface area contributed by atoms with Crippen molar-refractivity contribution in [2.24, 2.45) is 0 Å². The molecule has 8 heterocycles. The molecule has 125 heavy (non-hydrogen) atoms. The van der Waals surface area contributed by atoms with Crippen LogP contribution in [0.4, 0.5) is 0 Å². The molecule has 658 valence electrons. The lowest BCUT2D eigenvalue weighted by atomic mass is 9.98. The number of carbonyl (C=O) groups is 12. The van der Waals surface area contributed by atoms with Crippen LogP contribution in [0.15, 0.2) is 121 Å². The van der Waals surface area contributed by atoms with Crippen LogP contribution >= 0.6 is 22.6 Å². The molecule has 3 saturated heterocycles. The van der Waals surface area contributed by atoms with Crippen molar-refractivity contribution in [3.05, 3.63) is 144 Å². The van der Waals surface area contributed by atoms with Crippen LogP contribution in [-0.2, 0) is 129 Å². The molecule has 0 radical (unpaired) electrons. The molecule has 35 nitrogen and oxygen atoms in total. The highest BCUT2D eigenvalue weighted by Gasteiger charge is 2.57. The van der Waals surface area contributed by atoms with Crippen LogP contribution in [0.5, 0.6) is 23.0 Å². The molecule has 15 atom stereocenters. The van der Waals surface area contributed by atoms with Gasteiger partial charge in [-0.3, -0.25) is 57.5 Å². The fraction of sp³-hybridized carbons (Fsp3) is 0.371. The summed E-state index contributed by atoms with van der Waals surface area (Å²) in [6.07, 6.45) is -14.4. The number of halogens is 1. The fourth-order valence-corrected chi connectivity index (χ4v) is 15.1. The van der Waals surface area contributed by atoms with Crippen molar-refractivity contribution in [3.8, 4) is 67.5 Å². The van der Waals surface area contributed by atoms with Crippen molar-refractivity contribution in [2.75, 3.05) is 30.9 Å². The Balaban J connectivity index is 1.05. The second-order valence-electron chi connectivity index (χ2n) is 29.0. The Bertz CT molecular complexity index is 5350. The third kappa shape index (κ3) is 22.9. The van der Waals surface area contributed by atoms with Crippen molar-refractivity contribution in [1.82, 2.24) is 19.9 Å². The van der Waals surface area contributed by atoms with E-state index in [2.05, 4.69) is 32.6 Å². The molecule has 3 fully saturated rings. The van der Waals surface area contributed by atoms with Crippen molar-refractivity contribution in [1.29, 1.82) is 0 Å². The summed E-state index contributed by atoms with van der Waals surface area (Å²) in [5, 5.41) is 0. The molecule has 2 N–H and O–H groups in total. The molecule has 12 rings (SSSR count). The van der Waals surface area contributed by atoms with Gasteiger partial charge in [-0.05, 0) is 114 Å². The van der Waals surface area contributed by atoms with E-state index in [-0.39, 0.29) is 17.2 Å². The zero-order chi connectivity index (χ0) is 89.6. The number of alkyl halides is 1. The Morgan fingerprint density at radius 1 is 0.320 bits per heavy atom. The molecule has 36 heteroatoms. The lowest BCUT2D eigenvalue weighted by Gasteiger charge is -2.43. The molecule has 3 aromatic heterocycles. The van der Waals surface area contributed by atoms with Gasteiger partial charge < -0.3 is 100.0 Å². The maximum Gasteiger partial charge on any atom is 0.303 e. The van der Waals surface area contributed by atoms with Gasteiger partial charge in [-0.25, -0.2) is 9.97 Å². The summed E-state index contributed by atoms with van der Waals surface area (Å²) in [5.41, 5.74) is 8.28. The summed E-state index contributed by atoms with van der Waals surface area (Å²) in [6.45, 7) is 12.3. The van der Waals surface area contributed by atoms with Gasteiger partial charge >= 0.3 is 71.6 Å². The van der Waals surface area contributed by atoms with E-state index in [0.29, 0.717) is 102 Å². The molecular formula is C89H89IN4O31. The molecule has 0 amide bonds. The van der Waals surface area contributed by atoms with Crippen LogP contribution in [0.2, 0.25) is 0 Å². The van der Waals surface area contributed by atoms with Gasteiger partial charge in [0.2, 0.25) is 37.2 Å². The second kappa shape index (κ2) is 41.0. The quantitative estimate of drug-likeness (QED) is 0.0145. The first kappa shape index (κ1) is 91.1. The van der Waals surface area contributed by atoms with Gasteiger partial charge in [-0.2, -0.15) is 0 Å². The van der Waals surface area contributed by atoms with Gasteiger partial charge in [0.25, 0.3) is 0 Å². The number of fused-ring (bicyclic) bond motifs is 8. The normalized spacial score (nSPS) is 22.3. The predicted molar refractivity (Wildman–Crippen MR) is 447 cm³/mol. The smallest absolute Gasteiger partial charge is 0.303 e. The lowest BCUT2D eigenvalue weighted by molar-refractivity contribution is -0.288. The molecule has 4 aromatic carbocycles. The van der Waals surface area contributed by atoms with Crippen LogP contribution in [0.1, 0.15) is 112 Å². The number of ether oxygens (including phenoxy) is 19. The van der Waals surface area contributed by atoms with Gasteiger partial charge in [0.1, 0.15) is 61.1 Å². The Labute approximate surface area is 728 Å². The summed E-state index contributed by atoms with van der Waals surface area (Å²) < 4.78 is 113. The van der Waals surface area contributed by atoms with Crippen LogP contribution in [0.3, 0.4) is 0 Å². The minimum atomic E-state index is -1.61. The number of aromatic amines is 2. The van der Waals surface area contributed by atoms with Crippen LogP contribution in [0.25, 0.3) is 90.9 Å². The number of nitrogens with one attached hydrogen (secondary N) is 2. The number of hydrogen-bond donors (Lipinski definition) is 2. The summed E-state index contributed by atoms with van der Waals surface area (Å²) in [7, 11) is 0. The Morgan fingerprint density at radius 2 is 0.584 bits per heavy atom. The third-order valence-corrected chi connectivity index (χ3v) is 20.2. The molecule has 0 aliphatic carbocycles. The molecule has 7 aromatic rings. The summed E-state index contributed by atoms with van der Waals surface area (Å²) in [6, 6.07) is 35.1. The van der Waals surface area contributed by atoms with Crippen molar-refractivity contribution < 1.29 is 148 Å². The van der Waals surface area contributed by atoms with E-state index < -0.39 is 184 Å². The first-order valence-electron chi connectivity index (χ1n) is 39.4. The number of hydrogen-bond acceptors (Lipinski definition) is 33. The van der Waals surface area contributed by atoms with E-state index in [9.17, 15) is 57.5 Å². The van der Waals surface area contributed by atoms with Gasteiger partial charge in [0.15, 0.2) is 36.6 Å². The summed E-state index contributed by atoms with van der Waals surface area (Å²) >= 11 is 2.29. The number of carbonyl (C=O) groups excluding carboxylic acids is 12. The molecule has 0 spiro atoms. The average Bonchev–Trinajstić information content (AvgIpc) is 1.76. The molecule has 5 aliphatic heterocycles. The zero-order valence-electron chi connectivity index (χ0n) is 69.7. The zero-order valence-corrected chi connectivity index (χ0v) is 71.8. The van der Waals surface area contributed by atoms with Gasteiger partial charge in [0.05, 0.1) is 29.4 Å². The predicted octanol–water partition coefficient (Wildman–Crippen LogP) is 10.9. The highest BCUT2D eigenvalue weighted by atomic mass is 127. The molecule has 0 unspecified atom stereocenters. The van der Waals surface area contributed by atoms with Crippen molar-refractivity contribution in [2.45, 2.75) is 182 Å². The van der Waals surface area contributed by atoms with Gasteiger partial charge in [-0.15, -0.1) is 0 Å². The maximum atomic E-state index is 12.9. The van der Waals surface area contributed by atoms with Gasteiger partial charge in [0, 0.05) is 137 Å². The minimum Gasteiger partial charge on any atom is -0.493 e. The van der Waals surface area contributed by atoms with Crippen LogP contribution in [-0.4, -0.2) is 215 Å². The Kier molecular flexibility index (Phi) is 29.9. The standard InChI is InChI=1S/C89H89IN4O31/c1-43(95)108-40-71-78(111-46(4)98)81(114-49(7)101)84(117-52(10)104)87(123-71)120-58-24-18-55(19-25-58)74-62-30-32-64(91-62)75(56-20-26-59(27-21-56)121-88-85(118-53(11)105)82(115-50(8)102)79(112-47(5)99)72(124-88)41-109-44(2)96)66-34-36-68(93-66)77(61-16-13-14-17-70(61)107-39-15-38-90)69-37-35-67(94-69)76(65-33-31-63(74)92-65)57-22-28-60(29-23-57)122-89-86(119-54(12)106)83(116-51(9)103)80(113-48(6)100)73(125-89)42-110-45(3)97/h13-14,16-37,71-73,78-89,91,94H,15,38-42H2,1-12H3/t71-,72-,73-,78-,79-,80-,81+,82+,83+,84-,85-,86-,87-,88-,89-/m1/s1. The first-order chi connectivity index (χ1) is 59.7. The summed E-state index contributed by atoms with van der Waals surface area (Å²) in [5.74, 6) is -8.76. The fourth-order valence-electron chi connectivity index (χ4n) is 14.8. The second-order valence-corrected chi connectivity index (χ2v) is 30.1. The Hall–Kier alpha value is -13.1. The molecule has 5 aliphatic rings. The van der Waals surface area contributed by atoms with E-state index in [1.165, 1.54) is 0 Å². The average molecular weight is 1840 g/mol. The van der Waals surface area contributed by atoms with E-state index in [1.807, 2.05) is 72.8 Å². The number of esters is 12. The van der Waals surface area contributed by atoms with E-state index in [1.54, 1.807) is 72.8 Å². The number of H-pyrrole nitrogens is 2. The minimum absolute atomic E-state index is 0.104. The third-order valence-electron chi connectivity index (χ3n) is 19.5. The van der Waals surface area contributed by atoms with E-state index in [4.69, 9.17) is 100.0 Å². The highest BCUT2D eigenvalue weighted by molar-refractivity contribution is 14.1. The largest absolute Gasteiger partial charge is 0.493 e. The number of aromatic nitrogens is 4. The van der Waals surface area contributed by atoms with E-state index in [0.717, 1.165) is 93.9 Å². The monoisotopic (exact) mass is 1840 g/mol. The van der Waals surface area contributed by atoms with Crippen molar-refractivity contribution in [3.63, 3.8) is 0 Å². The molecule has 8 bridgehead atoms. The first-order valence-corrected chi connectivity index (χ1v) is 41.0. The Morgan fingerprint density at radius 3 is 0.864 bits per heavy atom. The highest BCUT2D eigenvalue weighted by Crippen LogP contribution is 2.44. The maximum absolute atomic E-state index is 12.9. The number of nitrogens with zero attached hydrogens (tertiary/aromatic N) is 2. The topological polar surface area (TPSA) is 438 Å². The number of para-hydroxylation sites is 1. The van der Waals surface area contributed by atoms with Gasteiger partial charge in [-0.1, -0.05) is 77.2 Å². The lowest BCUT2D eigenvalue weighted by Crippen LogP contribution is -2.63. The van der Waals surface area contributed by atoms with Crippen LogP contribution in [0, 0.1) is 0 Å². The van der Waals surface area contributed by atoms with Crippen molar-refractivity contribution >= 4 is 141 Å². The number of rotatable bonds is 29. The van der Waals surface area contributed by atoms with E-state index >= 15 is 0 Å². The number of benzene rings is 4. The summed E-state index contributed by atoms with van der Waals surface area (Å²) in [4.78, 5) is 170.